The number of carbonyl (C=O) groups is 1. The van der Waals surface area contributed by atoms with Gasteiger partial charge in [-0.05, 0) is 36.4 Å². The molecule has 33 heavy (non-hydrogen) atoms. The Morgan fingerprint density at radius 1 is 1.12 bits per heavy atom. The molecule has 2 N–H and O–H groups in total. The highest BCUT2D eigenvalue weighted by Gasteiger charge is 2.16. The fraction of sp³-hybridized carbons (Fsp3) is 0.0909. The summed E-state index contributed by atoms with van der Waals surface area (Å²) in [6.45, 7) is 4.47. The van der Waals surface area contributed by atoms with Crippen molar-refractivity contribution >= 4 is 27.3 Å². The van der Waals surface area contributed by atoms with E-state index in [2.05, 4.69) is 16.6 Å². The van der Waals surface area contributed by atoms with Crippen LogP contribution < -0.4 is 20.3 Å². The summed E-state index contributed by atoms with van der Waals surface area (Å²) < 4.78 is 60.4. The number of rotatable bonds is 7. The third-order valence-electron chi connectivity index (χ3n) is 4.38. The lowest BCUT2D eigenvalue weighted by Crippen LogP contribution is -2.22. The fourth-order valence-corrected chi connectivity index (χ4v) is 3.47. The van der Waals surface area contributed by atoms with Gasteiger partial charge < -0.3 is 14.6 Å². The van der Waals surface area contributed by atoms with Gasteiger partial charge >= 0.3 is 0 Å². The number of aromatic nitrogens is 1. The number of amides is 1. The van der Waals surface area contributed by atoms with Crippen LogP contribution in [0.1, 0.15) is 6.92 Å². The second-order valence-corrected chi connectivity index (χ2v) is 8.57. The van der Waals surface area contributed by atoms with E-state index in [-0.39, 0.29) is 28.4 Å². The molecule has 1 amide bonds. The van der Waals surface area contributed by atoms with Gasteiger partial charge in [0.2, 0.25) is 5.91 Å². The van der Waals surface area contributed by atoms with Gasteiger partial charge in [0.25, 0.3) is 15.6 Å². The number of nitrogens with one attached hydrogen (secondary N) is 2. The lowest BCUT2D eigenvalue weighted by atomic mass is 10.0. The zero-order valence-corrected chi connectivity index (χ0v) is 18.4. The molecule has 172 valence electrons. The van der Waals surface area contributed by atoms with Crippen molar-refractivity contribution in [3.8, 4) is 22.6 Å². The Hall–Kier alpha value is -3.99. The van der Waals surface area contributed by atoms with Gasteiger partial charge in [0.05, 0.1) is 0 Å². The average molecular weight is 475 g/mol. The predicted octanol–water partition coefficient (Wildman–Crippen LogP) is 3.97. The lowest BCUT2D eigenvalue weighted by molar-refractivity contribution is -0.114. The van der Waals surface area contributed by atoms with Gasteiger partial charge in [-0.25, -0.2) is 17.2 Å². The number of carbonyl (C=O) groups excluding carboxylic acids is 1. The maximum atomic E-state index is 14.2. The van der Waals surface area contributed by atoms with Crippen LogP contribution in [0.3, 0.4) is 0 Å². The molecule has 0 unspecified atom stereocenters. The molecule has 2 aromatic carbocycles. The van der Waals surface area contributed by atoms with Gasteiger partial charge in [0.1, 0.15) is 17.3 Å². The summed E-state index contributed by atoms with van der Waals surface area (Å²) in [6.07, 6.45) is 1.43. The highest BCUT2D eigenvalue weighted by atomic mass is 32.2. The summed E-state index contributed by atoms with van der Waals surface area (Å²) in [7, 11) is -2.37. The van der Waals surface area contributed by atoms with Crippen LogP contribution in [-0.2, 0) is 21.9 Å². The molecule has 0 spiro atoms. The van der Waals surface area contributed by atoms with Crippen molar-refractivity contribution < 1.29 is 26.7 Å². The SMILES string of the molecule is C=CS(=O)(=O)Nc1ccc(Oc2ccc(F)cc2F)c(-c2cc(NC(C)=O)c(=O)n(C)c2)c1. The molecule has 3 aromatic rings. The van der Waals surface area contributed by atoms with E-state index < -0.39 is 33.1 Å². The number of nitrogens with zero attached hydrogens (tertiary/aromatic N) is 1. The topological polar surface area (TPSA) is 106 Å². The number of anilines is 2. The Morgan fingerprint density at radius 3 is 2.45 bits per heavy atom. The summed E-state index contributed by atoms with van der Waals surface area (Å²) in [6, 6.07) is 8.30. The van der Waals surface area contributed by atoms with Crippen molar-refractivity contribution in [1.82, 2.24) is 4.57 Å². The number of benzene rings is 2. The molecule has 0 saturated carbocycles. The fourth-order valence-electron chi connectivity index (χ4n) is 2.93. The molecule has 0 aliphatic carbocycles. The third kappa shape index (κ3) is 5.63. The van der Waals surface area contributed by atoms with Crippen molar-refractivity contribution in [3.63, 3.8) is 0 Å². The van der Waals surface area contributed by atoms with E-state index in [4.69, 9.17) is 4.74 Å². The van der Waals surface area contributed by atoms with E-state index in [1.54, 1.807) is 0 Å². The molecule has 0 atom stereocenters. The van der Waals surface area contributed by atoms with Crippen molar-refractivity contribution in [2.24, 2.45) is 7.05 Å². The minimum Gasteiger partial charge on any atom is -0.454 e. The standard InChI is InChI=1S/C22H19F2N3O5S/c1-4-33(30,31)26-16-6-8-20(32-21-7-5-15(23)10-18(21)24)17(11-16)14-9-19(25-13(2)28)22(29)27(3)12-14/h4-12,26H,1H2,2-3H3,(H,25,28). The van der Waals surface area contributed by atoms with Crippen molar-refractivity contribution in [1.29, 1.82) is 0 Å². The molecule has 0 aliphatic heterocycles. The summed E-state index contributed by atoms with van der Waals surface area (Å²) in [5.41, 5.74) is 0.220. The van der Waals surface area contributed by atoms with Gasteiger partial charge in [-0.3, -0.25) is 14.3 Å². The second kappa shape index (κ2) is 9.25. The number of aryl methyl sites for hydroxylation is 1. The lowest BCUT2D eigenvalue weighted by Gasteiger charge is -2.16. The monoisotopic (exact) mass is 475 g/mol. The van der Waals surface area contributed by atoms with Crippen LogP contribution in [-0.4, -0.2) is 18.9 Å². The summed E-state index contributed by atoms with van der Waals surface area (Å²) in [5, 5.41) is 3.16. The summed E-state index contributed by atoms with van der Waals surface area (Å²) in [4.78, 5) is 23.9. The van der Waals surface area contributed by atoms with Gasteiger partial charge in [-0.2, -0.15) is 0 Å². The molecule has 0 aliphatic rings. The van der Waals surface area contributed by atoms with E-state index in [0.717, 1.165) is 17.5 Å². The van der Waals surface area contributed by atoms with Gasteiger partial charge in [-0.1, -0.05) is 6.58 Å². The zero-order valence-electron chi connectivity index (χ0n) is 17.6. The number of ether oxygens (including phenoxy) is 1. The molecule has 1 heterocycles. The van der Waals surface area contributed by atoms with Crippen molar-refractivity contribution in [3.05, 3.63) is 82.6 Å². The first-order valence-corrected chi connectivity index (χ1v) is 10.9. The van der Waals surface area contributed by atoms with E-state index in [1.165, 1.54) is 49.0 Å². The summed E-state index contributed by atoms with van der Waals surface area (Å²) >= 11 is 0. The highest BCUT2D eigenvalue weighted by molar-refractivity contribution is 7.95. The third-order valence-corrected chi connectivity index (χ3v) is 5.34. The molecule has 0 saturated heterocycles. The minimum atomic E-state index is -3.83. The van der Waals surface area contributed by atoms with Crippen LogP contribution in [0.25, 0.3) is 11.1 Å². The van der Waals surface area contributed by atoms with Crippen LogP contribution in [0.4, 0.5) is 20.2 Å². The largest absolute Gasteiger partial charge is 0.454 e. The molecule has 0 radical (unpaired) electrons. The van der Waals surface area contributed by atoms with E-state index in [1.807, 2.05) is 0 Å². The zero-order chi connectivity index (χ0) is 24.3. The molecule has 1 aromatic heterocycles. The van der Waals surface area contributed by atoms with Gasteiger partial charge in [-0.15, -0.1) is 0 Å². The Labute approximate surface area is 188 Å². The average Bonchev–Trinajstić information content (AvgIpc) is 2.73. The van der Waals surface area contributed by atoms with E-state index in [9.17, 15) is 26.8 Å². The number of pyridine rings is 1. The van der Waals surface area contributed by atoms with Crippen LogP contribution in [0.15, 0.2) is 65.4 Å². The molecule has 11 heteroatoms. The maximum Gasteiger partial charge on any atom is 0.274 e. The highest BCUT2D eigenvalue weighted by Crippen LogP contribution is 2.37. The van der Waals surface area contributed by atoms with E-state index in [0.29, 0.717) is 11.6 Å². The van der Waals surface area contributed by atoms with Gasteiger partial charge in [0, 0.05) is 48.5 Å². The van der Waals surface area contributed by atoms with Crippen LogP contribution in [0, 0.1) is 11.6 Å². The second-order valence-electron chi connectivity index (χ2n) is 6.94. The quantitative estimate of drug-likeness (QED) is 0.538. The Bertz CT molecular complexity index is 1420. The number of hydrogen-bond donors (Lipinski definition) is 2. The van der Waals surface area contributed by atoms with Crippen LogP contribution in [0.2, 0.25) is 0 Å². The predicted molar refractivity (Wildman–Crippen MR) is 121 cm³/mol. The number of halogens is 2. The Balaban J connectivity index is 2.19. The first-order chi connectivity index (χ1) is 15.5. The summed E-state index contributed by atoms with van der Waals surface area (Å²) in [5.74, 6) is -2.40. The number of hydrogen-bond acceptors (Lipinski definition) is 5. The number of sulfonamides is 1. The normalized spacial score (nSPS) is 11.0. The smallest absolute Gasteiger partial charge is 0.274 e. The first-order valence-electron chi connectivity index (χ1n) is 9.40. The molecule has 0 fully saturated rings. The molecule has 0 bridgehead atoms. The molecule has 8 nitrogen and oxygen atoms in total. The first kappa shape index (κ1) is 23.7. The van der Waals surface area contributed by atoms with Crippen molar-refractivity contribution in [2.45, 2.75) is 6.92 Å². The van der Waals surface area contributed by atoms with Crippen molar-refractivity contribution in [2.75, 3.05) is 10.0 Å². The molecular weight excluding hydrogens is 456 g/mol. The minimum absolute atomic E-state index is 0.0292. The van der Waals surface area contributed by atoms with Crippen LogP contribution >= 0.6 is 0 Å². The molecular formula is C22H19F2N3O5S. The van der Waals surface area contributed by atoms with Gasteiger partial charge in [0.15, 0.2) is 11.6 Å². The van der Waals surface area contributed by atoms with E-state index >= 15 is 0 Å². The molecule has 3 rings (SSSR count). The maximum absolute atomic E-state index is 14.2. The Kier molecular flexibility index (Phi) is 6.63. The Morgan fingerprint density at radius 2 is 1.82 bits per heavy atom. The van der Waals surface area contributed by atoms with Crippen LogP contribution in [0.5, 0.6) is 11.5 Å².